The summed E-state index contributed by atoms with van der Waals surface area (Å²) in [6.07, 6.45) is 0.735. The fourth-order valence-corrected chi connectivity index (χ4v) is 1.85. The number of carboxylic acid groups (broad SMARTS) is 1. The maximum absolute atomic E-state index is 10.7. The molecule has 0 aromatic heterocycles. The second kappa shape index (κ2) is 2.19. The molecule has 0 radical (unpaired) electrons. The molecule has 0 bridgehead atoms. The third kappa shape index (κ3) is 0.862. The minimum absolute atomic E-state index is 0.216. The molecule has 2 saturated heterocycles. The van der Waals surface area contributed by atoms with Gasteiger partial charge in [-0.3, -0.25) is 4.79 Å². The van der Waals surface area contributed by atoms with Crippen molar-refractivity contribution in [1.82, 2.24) is 5.32 Å². The lowest BCUT2D eigenvalue weighted by Crippen LogP contribution is -2.62. The standard InChI is InChI=1S/C7H11NO3/c9-6(10)5-1-2-8-7(5)3-11-4-7/h5,8H,1-4H2,(H,9,10). The summed E-state index contributed by atoms with van der Waals surface area (Å²) in [5, 5.41) is 12.0. The molecule has 2 N–H and O–H groups in total. The van der Waals surface area contributed by atoms with Crippen molar-refractivity contribution in [2.24, 2.45) is 5.92 Å². The van der Waals surface area contributed by atoms with Gasteiger partial charge in [0.05, 0.1) is 24.7 Å². The molecular formula is C7H11NO3. The van der Waals surface area contributed by atoms with Gasteiger partial charge in [0.25, 0.3) is 0 Å². The van der Waals surface area contributed by atoms with Gasteiger partial charge in [-0.05, 0) is 13.0 Å². The summed E-state index contributed by atoms with van der Waals surface area (Å²) >= 11 is 0. The van der Waals surface area contributed by atoms with Crippen molar-refractivity contribution in [3.05, 3.63) is 0 Å². The first-order valence-electron chi connectivity index (χ1n) is 3.80. The molecule has 4 nitrogen and oxygen atoms in total. The van der Waals surface area contributed by atoms with E-state index in [0.29, 0.717) is 13.2 Å². The van der Waals surface area contributed by atoms with Crippen molar-refractivity contribution in [3.8, 4) is 0 Å². The average Bonchev–Trinajstić information content (AvgIpc) is 2.27. The number of ether oxygens (including phenoxy) is 1. The van der Waals surface area contributed by atoms with E-state index in [1.54, 1.807) is 0 Å². The summed E-state index contributed by atoms with van der Waals surface area (Å²) in [4.78, 5) is 10.7. The number of rotatable bonds is 1. The van der Waals surface area contributed by atoms with Crippen LogP contribution in [-0.4, -0.2) is 36.4 Å². The Balaban J connectivity index is 2.13. The van der Waals surface area contributed by atoms with Crippen molar-refractivity contribution in [2.75, 3.05) is 19.8 Å². The van der Waals surface area contributed by atoms with E-state index in [2.05, 4.69) is 5.32 Å². The summed E-state index contributed by atoms with van der Waals surface area (Å²) < 4.78 is 5.01. The van der Waals surface area contributed by atoms with Crippen LogP contribution in [0.15, 0.2) is 0 Å². The number of carbonyl (C=O) groups is 1. The van der Waals surface area contributed by atoms with E-state index >= 15 is 0 Å². The van der Waals surface area contributed by atoms with Gasteiger partial charge in [0.15, 0.2) is 0 Å². The highest BCUT2D eigenvalue weighted by Gasteiger charge is 2.52. The highest BCUT2D eigenvalue weighted by Crippen LogP contribution is 2.33. The van der Waals surface area contributed by atoms with Crippen LogP contribution in [0, 0.1) is 5.92 Å². The second-order valence-electron chi connectivity index (χ2n) is 3.26. The Hall–Kier alpha value is -0.610. The minimum Gasteiger partial charge on any atom is -0.481 e. The first-order valence-corrected chi connectivity index (χ1v) is 3.80. The lowest BCUT2D eigenvalue weighted by atomic mass is 9.84. The average molecular weight is 157 g/mol. The van der Waals surface area contributed by atoms with E-state index in [4.69, 9.17) is 9.84 Å². The minimum atomic E-state index is -0.696. The molecule has 2 heterocycles. The maximum Gasteiger partial charge on any atom is 0.308 e. The van der Waals surface area contributed by atoms with Crippen molar-refractivity contribution in [3.63, 3.8) is 0 Å². The molecule has 0 aliphatic carbocycles. The predicted octanol–water partition coefficient (Wildman–Crippen LogP) is -0.550. The Morgan fingerprint density at radius 3 is 2.73 bits per heavy atom. The smallest absolute Gasteiger partial charge is 0.308 e. The van der Waals surface area contributed by atoms with Gasteiger partial charge in [0, 0.05) is 0 Å². The SMILES string of the molecule is O=C(O)C1CCNC12COC2. The van der Waals surface area contributed by atoms with Gasteiger partial charge in [-0.15, -0.1) is 0 Å². The Bertz CT molecular complexity index is 188. The molecular weight excluding hydrogens is 146 g/mol. The first kappa shape index (κ1) is 7.06. The summed E-state index contributed by atoms with van der Waals surface area (Å²) in [7, 11) is 0. The van der Waals surface area contributed by atoms with E-state index < -0.39 is 5.97 Å². The Kier molecular flexibility index (Phi) is 1.40. The van der Waals surface area contributed by atoms with Crippen molar-refractivity contribution >= 4 is 5.97 Å². The zero-order valence-corrected chi connectivity index (χ0v) is 6.17. The van der Waals surface area contributed by atoms with Gasteiger partial charge in [0.1, 0.15) is 0 Å². The molecule has 2 fully saturated rings. The molecule has 1 spiro atoms. The van der Waals surface area contributed by atoms with Crippen LogP contribution in [0.25, 0.3) is 0 Å². The normalized spacial score (nSPS) is 33.6. The number of hydrogen-bond donors (Lipinski definition) is 2. The van der Waals surface area contributed by atoms with Gasteiger partial charge in [-0.25, -0.2) is 0 Å². The van der Waals surface area contributed by atoms with E-state index in [1.807, 2.05) is 0 Å². The molecule has 2 rings (SSSR count). The highest BCUT2D eigenvalue weighted by molar-refractivity contribution is 5.72. The monoisotopic (exact) mass is 157 g/mol. The van der Waals surface area contributed by atoms with Gasteiger partial charge < -0.3 is 15.2 Å². The number of nitrogens with one attached hydrogen (secondary N) is 1. The second-order valence-corrected chi connectivity index (χ2v) is 3.26. The van der Waals surface area contributed by atoms with Crippen molar-refractivity contribution in [2.45, 2.75) is 12.0 Å². The van der Waals surface area contributed by atoms with Gasteiger partial charge >= 0.3 is 5.97 Å². The largest absolute Gasteiger partial charge is 0.481 e. The zero-order chi connectivity index (χ0) is 7.90. The van der Waals surface area contributed by atoms with E-state index in [9.17, 15) is 4.79 Å². The van der Waals surface area contributed by atoms with Crippen LogP contribution in [0.5, 0.6) is 0 Å². The first-order chi connectivity index (χ1) is 5.25. The Morgan fingerprint density at radius 2 is 2.36 bits per heavy atom. The van der Waals surface area contributed by atoms with Crippen LogP contribution < -0.4 is 5.32 Å². The zero-order valence-electron chi connectivity index (χ0n) is 6.17. The molecule has 2 aliphatic heterocycles. The van der Waals surface area contributed by atoms with Gasteiger partial charge in [-0.1, -0.05) is 0 Å². The fraction of sp³-hybridized carbons (Fsp3) is 0.857. The van der Waals surface area contributed by atoms with Gasteiger partial charge in [0.2, 0.25) is 0 Å². The fourth-order valence-electron chi connectivity index (χ4n) is 1.85. The van der Waals surface area contributed by atoms with Crippen LogP contribution in [0.2, 0.25) is 0 Å². The number of carboxylic acids is 1. The lowest BCUT2D eigenvalue weighted by molar-refractivity contribution is -0.154. The Labute approximate surface area is 64.5 Å². The summed E-state index contributed by atoms with van der Waals surface area (Å²) in [6, 6.07) is 0. The molecule has 62 valence electrons. The molecule has 11 heavy (non-hydrogen) atoms. The third-order valence-corrected chi connectivity index (χ3v) is 2.59. The van der Waals surface area contributed by atoms with Crippen LogP contribution in [0.3, 0.4) is 0 Å². The summed E-state index contributed by atoms with van der Waals surface area (Å²) in [6.45, 7) is 1.92. The third-order valence-electron chi connectivity index (χ3n) is 2.59. The molecule has 2 aliphatic rings. The summed E-state index contributed by atoms with van der Waals surface area (Å²) in [5.74, 6) is -0.936. The molecule has 1 atom stereocenters. The molecule has 0 saturated carbocycles. The molecule has 0 aromatic rings. The van der Waals surface area contributed by atoms with E-state index in [0.717, 1.165) is 13.0 Å². The van der Waals surface area contributed by atoms with E-state index in [-0.39, 0.29) is 11.5 Å². The van der Waals surface area contributed by atoms with Crippen LogP contribution >= 0.6 is 0 Å². The maximum atomic E-state index is 10.7. The topological polar surface area (TPSA) is 58.6 Å². The van der Waals surface area contributed by atoms with Crippen LogP contribution in [0.4, 0.5) is 0 Å². The molecule has 0 amide bonds. The van der Waals surface area contributed by atoms with Crippen LogP contribution in [-0.2, 0) is 9.53 Å². The quantitative estimate of drug-likeness (QED) is 0.536. The van der Waals surface area contributed by atoms with E-state index in [1.165, 1.54) is 0 Å². The predicted molar refractivity (Wildman–Crippen MR) is 37.3 cm³/mol. The number of hydrogen-bond acceptors (Lipinski definition) is 3. The lowest BCUT2D eigenvalue weighted by Gasteiger charge is -2.41. The Morgan fingerprint density at radius 1 is 1.64 bits per heavy atom. The van der Waals surface area contributed by atoms with Gasteiger partial charge in [-0.2, -0.15) is 0 Å². The highest BCUT2D eigenvalue weighted by atomic mass is 16.5. The molecule has 4 heteroatoms. The van der Waals surface area contributed by atoms with Crippen molar-refractivity contribution < 1.29 is 14.6 Å². The number of aliphatic carboxylic acids is 1. The molecule has 1 unspecified atom stereocenters. The van der Waals surface area contributed by atoms with Crippen molar-refractivity contribution in [1.29, 1.82) is 0 Å². The molecule has 0 aromatic carbocycles. The van der Waals surface area contributed by atoms with Crippen LogP contribution in [0.1, 0.15) is 6.42 Å². The summed E-state index contributed by atoms with van der Waals surface area (Å²) in [5.41, 5.74) is -0.216.